The number of Topliss-reactive ketones (excluding diaryl/α,β-unsaturated/α-hetero) is 1. The first kappa shape index (κ1) is 34.3. The number of esters is 1. The molecule has 1 aromatic carbocycles. The molecule has 1 aliphatic carbocycles. The molecular formula is C31H50N2O6. The molecule has 0 heterocycles. The van der Waals surface area contributed by atoms with Crippen molar-refractivity contribution in [2.45, 2.75) is 72.6 Å². The van der Waals surface area contributed by atoms with Crippen LogP contribution in [0, 0.1) is 5.41 Å². The van der Waals surface area contributed by atoms with Crippen molar-refractivity contribution in [1.29, 1.82) is 0 Å². The van der Waals surface area contributed by atoms with Crippen molar-refractivity contribution in [3.05, 3.63) is 52.4 Å². The number of nitrogens with one attached hydrogen (secondary N) is 1. The Kier molecular flexibility index (Phi) is 15.7. The lowest BCUT2D eigenvalue weighted by molar-refractivity contribution is -0.142. The molecule has 0 spiro atoms. The maximum absolute atomic E-state index is 13.0. The Morgan fingerprint density at radius 1 is 1.21 bits per heavy atom. The van der Waals surface area contributed by atoms with Crippen LogP contribution in [0.1, 0.15) is 78.2 Å². The molecule has 0 amide bonds. The molecule has 39 heavy (non-hydrogen) atoms. The number of carbonyl (C=O) groups excluding carboxylic acids is 2. The van der Waals surface area contributed by atoms with Crippen molar-refractivity contribution < 1.29 is 28.5 Å². The van der Waals surface area contributed by atoms with Gasteiger partial charge < -0.3 is 30.0 Å². The lowest BCUT2D eigenvalue weighted by Gasteiger charge is -2.26. The van der Waals surface area contributed by atoms with E-state index in [1.54, 1.807) is 28.3 Å². The number of hydrogen-bond acceptors (Lipinski definition) is 8. The van der Waals surface area contributed by atoms with Gasteiger partial charge in [-0.1, -0.05) is 39.3 Å². The molecule has 0 radical (unpaired) electrons. The Hall–Kier alpha value is -2.68. The SMILES string of the molecule is CCOC(=O)C/C(=C(\COCCN)NC1=C(C)C(=O)CC(C)(CC)CC1)C(C)c1cccc(OC)c1.COC. The van der Waals surface area contributed by atoms with Gasteiger partial charge in [0.15, 0.2) is 5.78 Å². The Bertz CT molecular complexity index is 987. The van der Waals surface area contributed by atoms with E-state index in [1.807, 2.05) is 31.2 Å². The van der Waals surface area contributed by atoms with Gasteiger partial charge in [0, 0.05) is 50.1 Å². The third kappa shape index (κ3) is 11.1. The average molecular weight is 547 g/mol. The van der Waals surface area contributed by atoms with Crippen LogP contribution < -0.4 is 15.8 Å². The van der Waals surface area contributed by atoms with Crippen molar-refractivity contribution in [1.82, 2.24) is 5.32 Å². The molecule has 0 saturated heterocycles. The number of benzene rings is 1. The van der Waals surface area contributed by atoms with Crippen molar-refractivity contribution in [2.75, 3.05) is 47.7 Å². The van der Waals surface area contributed by atoms with E-state index >= 15 is 0 Å². The van der Waals surface area contributed by atoms with E-state index < -0.39 is 0 Å². The molecule has 220 valence electrons. The summed E-state index contributed by atoms with van der Waals surface area (Å²) in [4.78, 5) is 25.7. The first-order valence-corrected chi connectivity index (χ1v) is 13.8. The highest BCUT2D eigenvalue weighted by atomic mass is 16.5. The first-order chi connectivity index (χ1) is 18.6. The number of allylic oxidation sites excluding steroid dienone is 2. The molecule has 3 N–H and O–H groups in total. The van der Waals surface area contributed by atoms with Crippen LogP contribution in [0.2, 0.25) is 0 Å². The summed E-state index contributed by atoms with van der Waals surface area (Å²) >= 11 is 0. The zero-order chi connectivity index (χ0) is 29.4. The normalized spacial score (nSPS) is 18.8. The highest BCUT2D eigenvalue weighted by Gasteiger charge is 2.31. The monoisotopic (exact) mass is 546 g/mol. The maximum atomic E-state index is 13.0. The number of ether oxygens (including phenoxy) is 4. The van der Waals surface area contributed by atoms with E-state index in [2.05, 4.69) is 30.8 Å². The van der Waals surface area contributed by atoms with Gasteiger partial charge >= 0.3 is 5.97 Å². The van der Waals surface area contributed by atoms with Gasteiger partial charge in [0.1, 0.15) is 5.75 Å². The minimum atomic E-state index is -0.304. The van der Waals surface area contributed by atoms with E-state index in [9.17, 15) is 9.59 Å². The molecule has 2 atom stereocenters. The zero-order valence-corrected chi connectivity index (χ0v) is 25.3. The fourth-order valence-electron chi connectivity index (χ4n) is 4.50. The van der Waals surface area contributed by atoms with Crippen LogP contribution in [0.3, 0.4) is 0 Å². The summed E-state index contributed by atoms with van der Waals surface area (Å²) in [7, 11) is 4.88. The molecule has 0 aliphatic heterocycles. The molecule has 0 saturated carbocycles. The van der Waals surface area contributed by atoms with Crippen LogP contribution in [0.5, 0.6) is 5.75 Å². The van der Waals surface area contributed by atoms with Gasteiger partial charge in [-0.2, -0.15) is 0 Å². The minimum absolute atomic E-state index is 0.0245. The lowest BCUT2D eigenvalue weighted by Crippen LogP contribution is -2.25. The van der Waals surface area contributed by atoms with Crippen molar-refractivity contribution in [3.8, 4) is 5.75 Å². The largest absolute Gasteiger partial charge is 0.497 e. The van der Waals surface area contributed by atoms with Crippen LogP contribution in [-0.4, -0.2) is 59.4 Å². The smallest absolute Gasteiger partial charge is 0.310 e. The van der Waals surface area contributed by atoms with Crippen molar-refractivity contribution >= 4 is 11.8 Å². The van der Waals surface area contributed by atoms with Gasteiger partial charge in [0.05, 0.1) is 33.4 Å². The molecule has 0 fully saturated rings. The van der Waals surface area contributed by atoms with Crippen molar-refractivity contribution in [3.63, 3.8) is 0 Å². The second-order valence-electron chi connectivity index (χ2n) is 10.2. The molecule has 0 aromatic heterocycles. The molecular weight excluding hydrogens is 496 g/mol. The van der Waals surface area contributed by atoms with Crippen LogP contribution in [0.15, 0.2) is 46.8 Å². The van der Waals surface area contributed by atoms with E-state index in [1.165, 1.54) is 0 Å². The van der Waals surface area contributed by atoms with Gasteiger partial charge in [-0.15, -0.1) is 0 Å². The summed E-state index contributed by atoms with van der Waals surface area (Å²) in [6.07, 6.45) is 3.25. The van der Waals surface area contributed by atoms with E-state index in [4.69, 9.17) is 19.9 Å². The molecule has 8 heteroatoms. The summed E-state index contributed by atoms with van der Waals surface area (Å²) < 4.78 is 20.9. The molecule has 1 aliphatic rings. The van der Waals surface area contributed by atoms with E-state index in [0.29, 0.717) is 26.2 Å². The maximum Gasteiger partial charge on any atom is 0.310 e. The average Bonchev–Trinajstić information content (AvgIpc) is 3.03. The van der Waals surface area contributed by atoms with Crippen LogP contribution in [0.25, 0.3) is 0 Å². The van der Waals surface area contributed by atoms with Crippen LogP contribution >= 0.6 is 0 Å². The third-order valence-electron chi connectivity index (χ3n) is 7.24. The Morgan fingerprint density at radius 3 is 2.49 bits per heavy atom. The topological polar surface area (TPSA) is 109 Å². The van der Waals surface area contributed by atoms with E-state index in [-0.39, 0.29) is 36.1 Å². The van der Waals surface area contributed by atoms with Gasteiger partial charge in [-0.25, -0.2) is 0 Å². The van der Waals surface area contributed by atoms with Gasteiger partial charge in [-0.05, 0) is 55.4 Å². The van der Waals surface area contributed by atoms with Gasteiger partial charge in [0.25, 0.3) is 0 Å². The molecule has 0 bridgehead atoms. The predicted molar refractivity (Wildman–Crippen MR) is 156 cm³/mol. The molecule has 2 unspecified atom stereocenters. The minimum Gasteiger partial charge on any atom is -0.497 e. The van der Waals surface area contributed by atoms with Crippen LogP contribution in [-0.2, 0) is 23.8 Å². The number of nitrogens with two attached hydrogens (primary N) is 1. The number of rotatable bonds is 13. The quantitative estimate of drug-likeness (QED) is 0.254. The predicted octanol–water partition coefficient (Wildman–Crippen LogP) is 5.28. The summed E-state index contributed by atoms with van der Waals surface area (Å²) in [6.45, 7) is 11.4. The number of methoxy groups -OCH3 is 2. The standard InChI is InChI=1S/C29H44N2O5.C2H6O/c1-7-29(5)13-12-25(21(4)27(32)18-29)31-26(19-35-15-14-30)24(17-28(33)36-8-2)20(3)22-10-9-11-23(16-22)34-6;1-3-2/h9-11,16,20,31H,7-8,12-15,17-19,30H2,1-6H3;1-2H3/b26-24-;. The molecule has 8 nitrogen and oxygen atoms in total. The highest BCUT2D eigenvalue weighted by molar-refractivity contribution is 5.96. The molecule has 1 aromatic rings. The summed E-state index contributed by atoms with van der Waals surface area (Å²) in [5, 5.41) is 3.56. The summed E-state index contributed by atoms with van der Waals surface area (Å²) in [6, 6.07) is 7.82. The molecule has 2 rings (SSSR count). The fraction of sp³-hybridized carbons (Fsp3) is 0.613. The highest BCUT2D eigenvalue weighted by Crippen LogP contribution is 2.38. The van der Waals surface area contributed by atoms with E-state index in [0.717, 1.165) is 53.1 Å². The Labute approximate surface area is 235 Å². The second-order valence-corrected chi connectivity index (χ2v) is 10.2. The zero-order valence-electron chi connectivity index (χ0n) is 25.3. The number of ketones is 1. The van der Waals surface area contributed by atoms with Crippen LogP contribution in [0.4, 0.5) is 0 Å². The third-order valence-corrected chi connectivity index (χ3v) is 7.24. The Balaban J connectivity index is 0.00000242. The van der Waals surface area contributed by atoms with Gasteiger partial charge in [0.2, 0.25) is 0 Å². The first-order valence-electron chi connectivity index (χ1n) is 13.8. The Morgan fingerprint density at radius 2 is 1.90 bits per heavy atom. The summed E-state index contributed by atoms with van der Waals surface area (Å²) in [5.74, 6) is 0.475. The lowest BCUT2D eigenvalue weighted by atomic mass is 9.79. The van der Waals surface area contributed by atoms with Gasteiger partial charge in [-0.3, -0.25) is 9.59 Å². The number of hydrogen-bond donors (Lipinski definition) is 2. The number of carbonyl (C=O) groups is 2. The second kappa shape index (κ2) is 17.8. The van der Waals surface area contributed by atoms with Crippen molar-refractivity contribution in [2.24, 2.45) is 11.1 Å². The fourth-order valence-corrected chi connectivity index (χ4v) is 4.50. The summed E-state index contributed by atoms with van der Waals surface area (Å²) in [5.41, 5.74) is 9.93.